The molecule has 2 heterocycles. The Hall–Kier alpha value is -1.07. The number of hydrogen-bond acceptors (Lipinski definition) is 4. The molecule has 0 amide bonds. The number of anilines is 1. The Labute approximate surface area is 115 Å². The highest BCUT2D eigenvalue weighted by Gasteiger charge is 2.24. The molecule has 1 saturated heterocycles. The highest BCUT2D eigenvalue weighted by molar-refractivity contribution is 5.50. The van der Waals surface area contributed by atoms with Crippen LogP contribution in [0.4, 0.5) is 5.82 Å². The second-order valence-electron chi connectivity index (χ2n) is 5.45. The van der Waals surface area contributed by atoms with Crippen LogP contribution in [0.15, 0.2) is 0 Å². The monoisotopic (exact) mass is 266 g/mol. The molecule has 0 saturated carbocycles. The molecule has 1 fully saturated rings. The fourth-order valence-corrected chi connectivity index (χ4v) is 2.90. The van der Waals surface area contributed by atoms with Gasteiger partial charge in [0.2, 0.25) is 0 Å². The van der Waals surface area contributed by atoms with Crippen LogP contribution in [0.25, 0.3) is 0 Å². The highest BCUT2D eigenvalue weighted by Crippen LogP contribution is 2.24. The van der Waals surface area contributed by atoms with E-state index in [1.807, 2.05) is 18.7 Å². The predicted octanol–water partition coefficient (Wildman–Crippen LogP) is 1.14. The van der Waals surface area contributed by atoms with E-state index in [4.69, 9.17) is 0 Å². The van der Waals surface area contributed by atoms with Gasteiger partial charge in [0.1, 0.15) is 5.82 Å². The zero-order chi connectivity index (χ0) is 14.0. The molecule has 1 N–H and O–H groups in total. The molecule has 19 heavy (non-hydrogen) atoms. The number of aromatic nitrogens is 2. The molecule has 1 atom stereocenters. The van der Waals surface area contributed by atoms with Crippen LogP contribution in [-0.4, -0.2) is 52.0 Å². The topological polar surface area (TPSA) is 44.5 Å². The lowest BCUT2D eigenvalue weighted by molar-refractivity contribution is 0.191. The molecule has 1 aromatic rings. The molecule has 108 valence electrons. The quantitative estimate of drug-likeness (QED) is 0.887. The minimum absolute atomic E-state index is 0.0700. The molecular weight excluding hydrogens is 240 g/mol. The maximum Gasteiger partial charge on any atom is 0.132 e. The Balaban J connectivity index is 2.09. The number of aliphatic hydroxyl groups is 1. The van der Waals surface area contributed by atoms with Crippen molar-refractivity contribution in [1.82, 2.24) is 14.7 Å². The van der Waals surface area contributed by atoms with E-state index in [0.717, 1.165) is 43.3 Å². The molecule has 0 aromatic carbocycles. The van der Waals surface area contributed by atoms with Crippen molar-refractivity contribution in [2.24, 2.45) is 7.05 Å². The predicted molar refractivity (Wildman–Crippen MR) is 77.4 cm³/mol. The van der Waals surface area contributed by atoms with Gasteiger partial charge in [0.15, 0.2) is 0 Å². The van der Waals surface area contributed by atoms with Gasteiger partial charge in [-0.25, -0.2) is 0 Å². The van der Waals surface area contributed by atoms with E-state index in [1.165, 1.54) is 6.42 Å². The molecular formula is C14H26N4O. The standard InChI is InChI=1S/C14H26N4O/c1-5-11(2)17-6-8-18(9-7-17)14-13(10-19)12(3)15-16(14)4/h11,19H,5-10H2,1-4H3. The Bertz CT molecular complexity index is 421. The smallest absolute Gasteiger partial charge is 0.132 e. The zero-order valence-electron chi connectivity index (χ0n) is 12.6. The molecule has 0 spiro atoms. The fraction of sp³-hybridized carbons (Fsp3) is 0.786. The van der Waals surface area contributed by atoms with Gasteiger partial charge in [0.25, 0.3) is 0 Å². The summed E-state index contributed by atoms with van der Waals surface area (Å²) in [6.07, 6.45) is 1.20. The van der Waals surface area contributed by atoms with Crippen LogP contribution in [0.2, 0.25) is 0 Å². The minimum atomic E-state index is 0.0700. The fourth-order valence-electron chi connectivity index (χ4n) is 2.90. The van der Waals surface area contributed by atoms with Crippen LogP contribution in [0.1, 0.15) is 31.5 Å². The highest BCUT2D eigenvalue weighted by atomic mass is 16.3. The van der Waals surface area contributed by atoms with Crippen LogP contribution in [0.3, 0.4) is 0 Å². The SMILES string of the molecule is CCC(C)N1CCN(c2c(CO)c(C)nn2C)CC1. The first-order valence-electron chi connectivity index (χ1n) is 7.20. The van der Waals surface area contributed by atoms with Gasteiger partial charge in [-0.05, 0) is 20.3 Å². The molecule has 0 aliphatic carbocycles. The summed E-state index contributed by atoms with van der Waals surface area (Å²) in [5.74, 6) is 1.09. The van der Waals surface area contributed by atoms with Crippen LogP contribution >= 0.6 is 0 Å². The van der Waals surface area contributed by atoms with Crippen LogP contribution in [-0.2, 0) is 13.7 Å². The van der Waals surface area contributed by atoms with Crippen molar-refractivity contribution < 1.29 is 5.11 Å². The summed E-state index contributed by atoms with van der Waals surface area (Å²) in [7, 11) is 1.96. The van der Waals surface area contributed by atoms with Crippen LogP contribution in [0.5, 0.6) is 0 Å². The van der Waals surface area contributed by atoms with Crippen molar-refractivity contribution in [2.75, 3.05) is 31.1 Å². The van der Waals surface area contributed by atoms with Gasteiger partial charge in [0, 0.05) is 44.8 Å². The van der Waals surface area contributed by atoms with Gasteiger partial charge < -0.3 is 10.0 Å². The number of piperazine rings is 1. The Morgan fingerprint density at radius 1 is 1.26 bits per heavy atom. The van der Waals surface area contributed by atoms with Crippen molar-refractivity contribution in [3.05, 3.63) is 11.3 Å². The van der Waals surface area contributed by atoms with Crippen molar-refractivity contribution in [1.29, 1.82) is 0 Å². The van der Waals surface area contributed by atoms with Crippen molar-refractivity contribution in [3.63, 3.8) is 0 Å². The Morgan fingerprint density at radius 2 is 1.89 bits per heavy atom. The minimum Gasteiger partial charge on any atom is -0.391 e. The molecule has 1 aromatic heterocycles. The number of aliphatic hydroxyl groups excluding tert-OH is 1. The average molecular weight is 266 g/mol. The summed E-state index contributed by atoms with van der Waals surface area (Å²) in [6, 6.07) is 0.660. The molecule has 0 bridgehead atoms. The van der Waals surface area contributed by atoms with E-state index in [-0.39, 0.29) is 6.61 Å². The number of nitrogens with zero attached hydrogens (tertiary/aromatic N) is 4. The molecule has 5 nitrogen and oxygen atoms in total. The maximum atomic E-state index is 9.53. The van der Waals surface area contributed by atoms with Gasteiger partial charge in [-0.3, -0.25) is 9.58 Å². The summed E-state index contributed by atoms with van der Waals surface area (Å²) >= 11 is 0. The lowest BCUT2D eigenvalue weighted by Crippen LogP contribution is -2.50. The van der Waals surface area contributed by atoms with E-state index in [1.54, 1.807) is 0 Å². The lowest BCUT2D eigenvalue weighted by atomic mass is 10.1. The molecule has 1 aliphatic rings. The number of aryl methyl sites for hydroxylation is 2. The normalized spacial score (nSPS) is 18.9. The third-order valence-electron chi connectivity index (χ3n) is 4.30. The summed E-state index contributed by atoms with van der Waals surface area (Å²) < 4.78 is 1.90. The molecule has 0 radical (unpaired) electrons. The zero-order valence-corrected chi connectivity index (χ0v) is 12.6. The molecule has 5 heteroatoms. The van der Waals surface area contributed by atoms with Crippen molar-refractivity contribution in [3.8, 4) is 0 Å². The number of hydrogen-bond donors (Lipinski definition) is 1. The van der Waals surface area contributed by atoms with Crippen LogP contribution in [0, 0.1) is 6.92 Å². The Morgan fingerprint density at radius 3 is 2.42 bits per heavy atom. The van der Waals surface area contributed by atoms with Gasteiger partial charge in [-0.15, -0.1) is 0 Å². The summed E-state index contributed by atoms with van der Waals surface area (Å²) in [5, 5.41) is 14.0. The summed E-state index contributed by atoms with van der Waals surface area (Å²) in [6.45, 7) is 10.8. The van der Waals surface area contributed by atoms with Gasteiger partial charge in [-0.2, -0.15) is 5.10 Å². The first kappa shape index (κ1) is 14.3. The van der Waals surface area contributed by atoms with Crippen LogP contribution < -0.4 is 4.90 Å². The molecule has 2 rings (SSSR count). The molecule has 1 unspecified atom stereocenters. The maximum absolute atomic E-state index is 9.53. The van der Waals surface area contributed by atoms with E-state index < -0.39 is 0 Å². The second-order valence-corrected chi connectivity index (χ2v) is 5.45. The van der Waals surface area contributed by atoms with Crippen molar-refractivity contribution in [2.45, 2.75) is 39.8 Å². The lowest BCUT2D eigenvalue weighted by Gasteiger charge is -2.39. The first-order valence-corrected chi connectivity index (χ1v) is 7.20. The first-order chi connectivity index (χ1) is 9.08. The second kappa shape index (κ2) is 5.92. The van der Waals surface area contributed by atoms with Crippen molar-refractivity contribution >= 4 is 5.82 Å². The van der Waals surface area contributed by atoms with Gasteiger partial charge in [0.05, 0.1) is 12.3 Å². The largest absolute Gasteiger partial charge is 0.391 e. The summed E-state index contributed by atoms with van der Waals surface area (Å²) in [5.41, 5.74) is 1.91. The number of rotatable bonds is 4. The van der Waals surface area contributed by atoms with E-state index in [2.05, 4.69) is 28.7 Å². The molecule has 1 aliphatic heterocycles. The summed E-state index contributed by atoms with van der Waals surface area (Å²) in [4.78, 5) is 4.89. The third-order valence-corrected chi connectivity index (χ3v) is 4.30. The Kier molecular flexibility index (Phi) is 4.47. The van der Waals surface area contributed by atoms with E-state index >= 15 is 0 Å². The third kappa shape index (κ3) is 2.77. The average Bonchev–Trinajstić information content (AvgIpc) is 2.72. The van der Waals surface area contributed by atoms with Gasteiger partial charge in [-0.1, -0.05) is 6.92 Å². The van der Waals surface area contributed by atoms with E-state index in [0.29, 0.717) is 6.04 Å². The van der Waals surface area contributed by atoms with E-state index in [9.17, 15) is 5.11 Å². The van der Waals surface area contributed by atoms with Gasteiger partial charge >= 0.3 is 0 Å².